The maximum Gasteiger partial charge on any atom is 0.472 e. The predicted octanol–water partition coefficient (Wildman–Crippen LogP) is 25.3. The van der Waals surface area contributed by atoms with Gasteiger partial charge in [-0.15, -0.1) is 0 Å². The number of unbranched alkanes of at least 4 members (excludes halogenated alkanes) is 50. The fourth-order valence-electron chi connectivity index (χ4n) is 13.0. The Morgan fingerprint density at radius 3 is 0.660 bits per heavy atom. The van der Waals surface area contributed by atoms with E-state index in [4.69, 9.17) is 37.0 Å². The molecule has 0 bridgehead atoms. The number of aliphatic hydroxyl groups excluding tert-OH is 1. The van der Waals surface area contributed by atoms with Crippen molar-refractivity contribution in [3.63, 3.8) is 0 Å². The summed E-state index contributed by atoms with van der Waals surface area (Å²) < 4.78 is 68.9. The number of carbonyl (C=O) groups excluding carboxylic acids is 4. The van der Waals surface area contributed by atoms with Crippen molar-refractivity contribution in [3.05, 3.63) is 0 Å². The first kappa shape index (κ1) is 101. The smallest absolute Gasteiger partial charge is 0.462 e. The molecule has 0 aliphatic rings. The van der Waals surface area contributed by atoms with Gasteiger partial charge in [0, 0.05) is 25.7 Å². The van der Waals surface area contributed by atoms with Gasteiger partial charge in [0.2, 0.25) is 0 Å². The van der Waals surface area contributed by atoms with Gasteiger partial charge in [-0.25, -0.2) is 9.13 Å². The SMILES string of the molecule is CCCCCCCCCCCCCCCC(=O)OC[C@H](COP(=O)(O)OC[C@H](O)COP(=O)(O)OC[C@@H](COC(=O)CCCCCCCCCCCCCCCCCC(C)C)OC(=O)CCCCCCCCCCCCCCCCCCC(C)C)OC(=O)CCCCCCCCCCCCC(C)C. The van der Waals surface area contributed by atoms with Gasteiger partial charge >= 0.3 is 39.5 Å². The number of rotatable bonds is 82. The second-order valence-electron chi connectivity index (χ2n) is 31.6. The summed E-state index contributed by atoms with van der Waals surface area (Å²) in [5, 5.41) is 10.7. The molecule has 0 aliphatic heterocycles. The zero-order chi connectivity index (χ0) is 75.8. The average molecular weight is 1510 g/mol. The van der Waals surface area contributed by atoms with Crippen molar-refractivity contribution in [2.45, 2.75) is 458 Å². The van der Waals surface area contributed by atoms with Gasteiger partial charge in [0.25, 0.3) is 0 Å². The number of hydrogen-bond acceptors (Lipinski definition) is 15. The molecule has 0 aliphatic carbocycles. The Morgan fingerprint density at radius 2 is 0.447 bits per heavy atom. The molecule has 0 saturated carbocycles. The van der Waals surface area contributed by atoms with Gasteiger partial charge in [0.1, 0.15) is 19.3 Å². The molecule has 17 nitrogen and oxygen atoms in total. The highest BCUT2D eigenvalue weighted by Crippen LogP contribution is 2.45. The number of esters is 4. The van der Waals surface area contributed by atoms with Crippen LogP contribution >= 0.6 is 15.6 Å². The fourth-order valence-corrected chi connectivity index (χ4v) is 14.6. The van der Waals surface area contributed by atoms with Crippen molar-refractivity contribution in [1.29, 1.82) is 0 Å². The molecule has 0 fully saturated rings. The van der Waals surface area contributed by atoms with E-state index in [1.165, 1.54) is 250 Å². The van der Waals surface area contributed by atoms with Crippen LogP contribution in [0.15, 0.2) is 0 Å². The van der Waals surface area contributed by atoms with Gasteiger partial charge < -0.3 is 33.8 Å². The summed E-state index contributed by atoms with van der Waals surface area (Å²) in [7, 11) is -9.93. The lowest BCUT2D eigenvalue weighted by atomic mass is 10.0. The first-order chi connectivity index (χ1) is 49.7. The average Bonchev–Trinajstić information content (AvgIpc) is 0.961. The normalized spacial score (nSPS) is 13.9. The van der Waals surface area contributed by atoms with E-state index in [0.29, 0.717) is 25.7 Å². The number of carbonyl (C=O) groups is 4. The van der Waals surface area contributed by atoms with Crippen LogP contribution < -0.4 is 0 Å². The lowest BCUT2D eigenvalue weighted by Gasteiger charge is -2.21. The summed E-state index contributed by atoms with van der Waals surface area (Å²) in [6.07, 6.45) is 63.7. The first-order valence-electron chi connectivity index (χ1n) is 43.3. The van der Waals surface area contributed by atoms with Crippen LogP contribution in [0.4, 0.5) is 0 Å². The van der Waals surface area contributed by atoms with E-state index in [1.807, 2.05) is 0 Å². The Morgan fingerprint density at radius 1 is 0.262 bits per heavy atom. The van der Waals surface area contributed by atoms with Gasteiger partial charge in [-0.05, 0) is 43.4 Å². The molecule has 0 aromatic rings. The molecule has 5 atom stereocenters. The lowest BCUT2D eigenvalue weighted by Crippen LogP contribution is -2.30. The van der Waals surface area contributed by atoms with Crippen LogP contribution in [0.25, 0.3) is 0 Å². The van der Waals surface area contributed by atoms with Gasteiger partial charge in [-0.1, -0.05) is 389 Å². The predicted molar refractivity (Wildman–Crippen MR) is 423 cm³/mol. The summed E-state index contributed by atoms with van der Waals surface area (Å²) in [6.45, 7) is 12.0. The molecule has 0 aromatic carbocycles. The molecule has 3 N–H and O–H groups in total. The third kappa shape index (κ3) is 78.0. The van der Waals surface area contributed by atoms with E-state index in [0.717, 1.165) is 108 Å². The minimum atomic E-state index is -4.97. The van der Waals surface area contributed by atoms with Crippen LogP contribution in [0.1, 0.15) is 440 Å². The topological polar surface area (TPSA) is 237 Å². The highest BCUT2D eigenvalue weighted by atomic mass is 31.2. The Labute approximate surface area is 632 Å². The van der Waals surface area contributed by atoms with E-state index in [-0.39, 0.29) is 25.7 Å². The van der Waals surface area contributed by atoms with Crippen LogP contribution in [0, 0.1) is 17.8 Å². The van der Waals surface area contributed by atoms with Crippen LogP contribution in [0.3, 0.4) is 0 Å². The maximum absolute atomic E-state index is 13.1. The minimum absolute atomic E-state index is 0.106. The first-order valence-corrected chi connectivity index (χ1v) is 46.3. The summed E-state index contributed by atoms with van der Waals surface area (Å²) in [4.78, 5) is 73.2. The quantitative estimate of drug-likeness (QED) is 0.0222. The molecule has 19 heteroatoms. The molecule has 0 heterocycles. The van der Waals surface area contributed by atoms with Crippen molar-refractivity contribution in [2.24, 2.45) is 17.8 Å². The Kier molecular flexibility index (Phi) is 72.8. The summed E-state index contributed by atoms with van der Waals surface area (Å²) in [5.74, 6) is 0.262. The molecule has 0 aromatic heterocycles. The number of aliphatic hydroxyl groups is 1. The van der Waals surface area contributed by atoms with Crippen molar-refractivity contribution in [3.8, 4) is 0 Å². The molecule has 0 rings (SSSR count). The van der Waals surface area contributed by atoms with Gasteiger partial charge in [0.15, 0.2) is 12.2 Å². The fraction of sp³-hybridized carbons (Fsp3) is 0.952. The maximum atomic E-state index is 13.1. The molecule has 103 heavy (non-hydrogen) atoms. The van der Waals surface area contributed by atoms with Crippen molar-refractivity contribution in [2.75, 3.05) is 39.6 Å². The summed E-state index contributed by atoms with van der Waals surface area (Å²) in [5.41, 5.74) is 0. The third-order valence-corrected chi connectivity index (χ3v) is 21.5. The number of phosphoric ester groups is 2. The van der Waals surface area contributed by atoms with Crippen molar-refractivity contribution in [1.82, 2.24) is 0 Å². The number of ether oxygens (including phenoxy) is 4. The lowest BCUT2D eigenvalue weighted by molar-refractivity contribution is -0.161. The van der Waals surface area contributed by atoms with Crippen LogP contribution in [-0.4, -0.2) is 96.7 Å². The van der Waals surface area contributed by atoms with Crippen LogP contribution in [0.5, 0.6) is 0 Å². The number of phosphoric acid groups is 2. The van der Waals surface area contributed by atoms with Crippen molar-refractivity contribution >= 4 is 39.5 Å². The Bertz CT molecular complexity index is 1990. The van der Waals surface area contributed by atoms with Gasteiger partial charge in [-0.3, -0.25) is 37.3 Å². The summed E-state index contributed by atoms with van der Waals surface area (Å²) >= 11 is 0. The third-order valence-electron chi connectivity index (χ3n) is 19.6. The zero-order valence-corrected chi connectivity index (χ0v) is 69.6. The highest BCUT2D eigenvalue weighted by molar-refractivity contribution is 7.47. The van der Waals surface area contributed by atoms with Crippen molar-refractivity contribution < 1.29 is 80.2 Å². The molecule has 0 amide bonds. The second kappa shape index (κ2) is 74.2. The molecule has 0 saturated heterocycles. The largest absolute Gasteiger partial charge is 0.472 e. The van der Waals surface area contributed by atoms with E-state index < -0.39 is 97.5 Å². The van der Waals surface area contributed by atoms with Gasteiger partial charge in [-0.2, -0.15) is 0 Å². The Hall–Kier alpha value is -1.94. The summed E-state index contributed by atoms with van der Waals surface area (Å²) in [6, 6.07) is 0. The van der Waals surface area contributed by atoms with Gasteiger partial charge in [0.05, 0.1) is 26.4 Å². The molecule has 2 unspecified atom stereocenters. The molecule has 0 spiro atoms. The molecule has 0 radical (unpaired) electrons. The molecule has 612 valence electrons. The van der Waals surface area contributed by atoms with E-state index in [1.54, 1.807) is 0 Å². The highest BCUT2D eigenvalue weighted by Gasteiger charge is 2.30. The standard InChI is InChI=1S/C84H164O17P2/c1-8-9-10-11-12-13-14-22-29-37-44-51-58-65-81(86)94-72-80(101-84(89)68-61-54-47-40-33-32-36-43-50-57-64-77(6)7)74-99-103(92,93)97-70-78(85)69-96-102(90,91)98-73-79(71-95-82(87)66-59-52-45-38-30-25-21-17-19-24-28-35-42-49-56-63-76(4)5)100-83(88)67-60-53-46-39-31-26-20-16-15-18-23-27-34-41-48-55-62-75(2)3/h75-80,85H,8-74H2,1-7H3,(H,90,91)(H,92,93)/t78-,79-,80-/m1/s1. The number of hydrogen-bond donors (Lipinski definition) is 3. The Balaban J connectivity index is 5.26. The van der Waals surface area contributed by atoms with E-state index in [2.05, 4.69) is 48.5 Å². The zero-order valence-electron chi connectivity index (χ0n) is 67.8. The molecular weight excluding hydrogens is 1340 g/mol. The second-order valence-corrected chi connectivity index (χ2v) is 34.6. The van der Waals surface area contributed by atoms with E-state index >= 15 is 0 Å². The minimum Gasteiger partial charge on any atom is -0.462 e. The van der Waals surface area contributed by atoms with E-state index in [9.17, 15) is 43.2 Å². The monoisotopic (exact) mass is 1510 g/mol. The van der Waals surface area contributed by atoms with Crippen LogP contribution in [-0.2, 0) is 65.4 Å². The molecular formula is C84H164O17P2. The van der Waals surface area contributed by atoms with Crippen LogP contribution in [0.2, 0.25) is 0 Å².